The van der Waals surface area contributed by atoms with E-state index >= 15 is 0 Å². The maximum absolute atomic E-state index is 12.7. The van der Waals surface area contributed by atoms with Gasteiger partial charge in [-0.25, -0.2) is 9.78 Å². The number of nitrogens with one attached hydrogen (secondary N) is 1. The minimum Gasteiger partial charge on any atom is -0.439 e. The van der Waals surface area contributed by atoms with Gasteiger partial charge in [0.1, 0.15) is 10.6 Å². The van der Waals surface area contributed by atoms with Crippen LogP contribution in [0.25, 0.3) is 20.7 Å². The number of rotatable bonds is 6. The number of halogens is 3. The molecule has 0 unspecified atom stereocenters. The average molecular weight is 490 g/mol. The molecule has 3 aromatic heterocycles. The van der Waals surface area contributed by atoms with Crippen molar-refractivity contribution in [2.75, 3.05) is 0 Å². The monoisotopic (exact) mass is 489 g/mol. The highest BCUT2D eigenvalue weighted by Crippen LogP contribution is 2.37. The van der Waals surface area contributed by atoms with Gasteiger partial charge in [-0.1, -0.05) is 26.0 Å². The van der Waals surface area contributed by atoms with Crippen molar-refractivity contribution in [1.82, 2.24) is 14.5 Å². The molecule has 0 amide bonds. The Morgan fingerprint density at radius 1 is 1.12 bits per heavy atom. The number of hydrogen-bond acceptors (Lipinski definition) is 5. The molecule has 4 aromatic rings. The molecule has 0 fully saturated rings. The van der Waals surface area contributed by atoms with Crippen LogP contribution in [0.4, 0.5) is 13.2 Å². The SMILES string of the molecule is Cc1c(-c2ccc(Oc3ccc(C(C)C)cc3)nc2)sc2c1c(=O)[nH]c(=O)n2CCC(F)(F)F. The van der Waals surface area contributed by atoms with E-state index in [1.807, 2.05) is 24.3 Å². The molecular weight excluding hydrogens is 467 g/mol. The van der Waals surface area contributed by atoms with Gasteiger partial charge < -0.3 is 4.74 Å². The number of aromatic nitrogens is 3. The summed E-state index contributed by atoms with van der Waals surface area (Å²) in [7, 11) is 0. The van der Waals surface area contributed by atoms with E-state index in [9.17, 15) is 22.8 Å². The van der Waals surface area contributed by atoms with E-state index in [1.165, 1.54) is 5.56 Å². The number of benzene rings is 1. The first-order chi connectivity index (χ1) is 16.0. The van der Waals surface area contributed by atoms with Crippen LogP contribution in [-0.4, -0.2) is 20.7 Å². The van der Waals surface area contributed by atoms with Crippen LogP contribution in [0.15, 0.2) is 52.2 Å². The summed E-state index contributed by atoms with van der Waals surface area (Å²) < 4.78 is 45.0. The number of H-pyrrole nitrogens is 1. The van der Waals surface area contributed by atoms with Gasteiger partial charge in [-0.15, -0.1) is 11.3 Å². The Morgan fingerprint density at radius 3 is 2.41 bits per heavy atom. The van der Waals surface area contributed by atoms with Crippen molar-refractivity contribution in [3.8, 4) is 22.1 Å². The van der Waals surface area contributed by atoms with Crippen molar-refractivity contribution in [2.45, 2.75) is 45.8 Å². The molecule has 4 rings (SSSR count). The van der Waals surface area contributed by atoms with Gasteiger partial charge in [0.05, 0.1) is 11.8 Å². The Kier molecular flexibility index (Phi) is 6.35. The number of nitrogens with zero attached hydrogens (tertiary/aromatic N) is 2. The zero-order chi connectivity index (χ0) is 24.6. The molecular formula is C24H22F3N3O3S. The third kappa shape index (κ3) is 4.91. The van der Waals surface area contributed by atoms with Crippen molar-refractivity contribution < 1.29 is 17.9 Å². The van der Waals surface area contributed by atoms with Crippen molar-refractivity contribution >= 4 is 21.6 Å². The van der Waals surface area contributed by atoms with Crippen molar-refractivity contribution in [3.05, 3.63) is 74.6 Å². The van der Waals surface area contributed by atoms with Crippen LogP contribution < -0.4 is 16.0 Å². The molecule has 0 spiro atoms. The van der Waals surface area contributed by atoms with Crippen LogP contribution in [0.3, 0.4) is 0 Å². The molecule has 10 heteroatoms. The molecule has 178 valence electrons. The Hall–Kier alpha value is -3.40. The number of aryl methyl sites for hydroxylation is 2. The molecule has 0 aliphatic rings. The highest BCUT2D eigenvalue weighted by atomic mass is 32.1. The predicted octanol–water partition coefficient (Wildman–Crippen LogP) is 5.99. The Labute approximate surface area is 196 Å². The van der Waals surface area contributed by atoms with E-state index in [1.54, 1.807) is 25.3 Å². The van der Waals surface area contributed by atoms with Gasteiger partial charge in [0, 0.05) is 29.2 Å². The minimum atomic E-state index is -4.42. The summed E-state index contributed by atoms with van der Waals surface area (Å²) in [5, 5.41) is 0.201. The standard InChI is InChI=1S/C24H22F3N3O3S/c1-13(2)15-4-7-17(8-5-15)33-18-9-6-16(12-28-18)20-14(3)19-21(31)29-23(32)30(22(19)34-20)11-10-24(25,26)27/h4-9,12-13H,10-11H2,1-3H3,(H,29,31,32). The zero-order valence-electron chi connectivity index (χ0n) is 18.7. The smallest absolute Gasteiger partial charge is 0.390 e. The van der Waals surface area contributed by atoms with Crippen LogP contribution in [-0.2, 0) is 6.54 Å². The maximum Gasteiger partial charge on any atom is 0.390 e. The van der Waals surface area contributed by atoms with Gasteiger partial charge in [-0.05, 0) is 42.2 Å². The van der Waals surface area contributed by atoms with Gasteiger partial charge in [-0.2, -0.15) is 13.2 Å². The largest absolute Gasteiger partial charge is 0.439 e. The summed E-state index contributed by atoms with van der Waals surface area (Å²) in [4.78, 5) is 32.0. The quantitative estimate of drug-likeness (QED) is 0.361. The van der Waals surface area contributed by atoms with Gasteiger partial charge in [0.2, 0.25) is 5.88 Å². The maximum atomic E-state index is 12.7. The minimum absolute atomic E-state index is 0.201. The molecule has 0 saturated carbocycles. The number of fused-ring (bicyclic) bond motifs is 1. The molecule has 6 nitrogen and oxygen atoms in total. The molecule has 0 saturated heterocycles. The summed E-state index contributed by atoms with van der Waals surface area (Å²) in [6, 6.07) is 11.2. The summed E-state index contributed by atoms with van der Waals surface area (Å²) in [6.07, 6.45) is -4.03. The summed E-state index contributed by atoms with van der Waals surface area (Å²) >= 11 is 1.09. The van der Waals surface area contributed by atoms with E-state index in [0.717, 1.165) is 15.9 Å². The molecule has 34 heavy (non-hydrogen) atoms. The van der Waals surface area contributed by atoms with Crippen LogP contribution in [0.1, 0.15) is 37.3 Å². The second-order valence-corrected chi connectivity index (χ2v) is 9.22. The zero-order valence-corrected chi connectivity index (χ0v) is 19.5. The molecule has 3 heterocycles. The number of ether oxygens (including phenoxy) is 1. The average Bonchev–Trinajstić information content (AvgIpc) is 3.11. The molecule has 0 bridgehead atoms. The highest BCUT2D eigenvalue weighted by molar-refractivity contribution is 7.22. The van der Waals surface area contributed by atoms with Gasteiger partial charge in [0.25, 0.3) is 5.56 Å². The normalized spacial score (nSPS) is 12.0. The predicted molar refractivity (Wildman–Crippen MR) is 126 cm³/mol. The van der Waals surface area contributed by atoms with Crippen molar-refractivity contribution in [1.29, 1.82) is 0 Å². The second kappa shape index (κ2) is 9.09. The molecule has 0 radical (unpaired) electrons. The lowest BCUT2D eigenvalue weighted by molar-refractivity contribution is -0.136. The van der Waals surface area contributed by atoms with Crippen LogP contribution in [0.5, 0.6) is 11.6 Å². The Bertz CT molecular complexity index is 1430. The Balaban J connectivity index is 1.65. The fourth-order valence-electron chi connectivity index (χ4n) is 3.61. The van der Waals surface area contributed by atoms with Crippen LogP contribution in [0, 0.1) is 6.92 Å². The third-order valence-electron chi connectivity index (χ3n) is 5.45. The Morgan fingerprint density at radius 2 is 1.82 bits per heavy atom. The fourth-order valence-corrected chi connectivity index (χ4v) is 4.93. The summed E-state index contributed by atoms with van der Waals surface area (Å²) in [6.45, 7) is 5.34. The first kappa shape index (κ1) is 23.7. The number of pyridine rings is 1. The van der Waals surface area contributed by atoms with E-state index in [0.29, 0.717) is 33.6 Å². The lowest BCUT2D eigenvalue weighted by atomic mass is 10.0. The molecule has 1 N–H and O–H groups in total. The number of thiophene rings is 1. The lowest BCUT2D eigenvalue weighted by Crippen LogP contribution is -2.31. The van der Waals surface area contributed by atoms with Gasteiger partial charge in [0.15, 0.2) is 0 Å². The summed E-state index contributed by atoms with van der Waals surface area (Å²) in [5.41, 5.74) is 0.942. The van der Waals surface area contributed by atoms with Crippen LogP contribution >= 0.6 is 11.3 Å². The second-order valence-electron chi connectivity index (χ2n) is 8.22. The van der Waals surface area contributed by atoms with Gasteiger partial charge >= 0.3 is 11.9 Å². The summed E-state index contributed by atoms with van der Waals surface area (Å²) in [5.74, 6) is 1.43. The van der Waals surface area contributed by atoms with E-state index in [2.05, 4.69) is 23.8 Å². The van der Waals surface area contributed by atoms with E-state index in [4.69, 9.17) is 4.74 Å². The van der Waals surface area contributed by atoms with Gasteiger partial charge in [-0.3, -0.25) is 14.3 Å². The first-order valence-corrected chi connectivity index (χ1v) is 11.4. The number of alkyl halides is 3. The van der Waals surface area contributed by atoms with Crippen molar-refractivity contribution in [3.63, 3.8) is 0 Å². The molecule has 0 aliphatic heterocycles. The van der Waals surface area contributed by atoms with Crippen molar-refractivity contribution in [2.24, 2.45) is 0 Å². The fraction of sp³-hybridized carbons (Fsp3) is 0.292. The highest BCUT2D eigenvalue weighted by Gasteiger charge is 2.28. The third-order valence-corrected chi connectivity index (χ3v) is 6.82. The topological polar surface area (TPSA) is 77.0 Å². The molecule has 0 aliphatic carbocycles. The molecule has 1 aromatic carbocycles. The molecule has 0 atom stereocenters. The van der Waals surface area contributed by atoms with Crippen LogP contribution in [0.2, 0.25) is 0 Å². The van der Waals surface area contributed by atoms with E-state index in [-0.39, 0.29) is 10.2 Å². The van der Waals surface area contributed by atoms with E-state index < -0.39 is 30.4 Å². The number of hydrogen-bond donors (Lipinski definition) is 1. The number of aromatic amines is 1. The lowest BCUT2D eigenvalue weighted by Gasteiger charge is -2.09. The first-order valence-electron chi connectivity index (χ1n) is 10.6.